The predicted octanol–water partition coefficient (Wildman–Crippen LogP) is 3.96. The molecule has 1 fully saturated rings. The maximum Gasteiger partial charge on any atom is 0.419 e. The van der Waals surface area contributed by atoms with Crippen molar-refractivity contribution in [3.63, 3.8) is 0 Å². The lowest BCUT2D eigenvalue weighted by Crippen LogP contribution is -2.52. The highest BCUT2D eigenvalue weighted by atomic mass is 19.4. The summed E-state index contributed by atoms with van der Waals surface area (Å²) < 4.78 is 39.8. The molecule has 1 saturated heterocycles. The zero-order valence-corrected chi connectivity index (χ0v) is 15.2. The minimum absolute atomic E-state index is 0.0603. The van der Waals surface area contributed by atoms with Gasteiger partial charge in [0, 0.05) is 37.8 Å². The Morgan fingerprint density at radius 3 is 2.68 bits per heavy atom. The zero-order valence-electron chi connectivity index (χ0n) is 15.2. The molecule has 2 rings (SSSR count). The molecule has 2 heterocycles. The number of carbonyl (C=O) groups excluding carboxylic acids is 1. The lowest BCUT2D eigenvalue weighted by molar-refractivity contribution is -0.142. The second kappa shape index (κ2) is 7.22. The van der Waals surface area contributed by atoms with Crippen molar-refractivity contribution < 1.29 is 18.0 Å². The van der Waals surface area contributed by atoms with Crippen molar-refractivity contribution in [3.05, 3.63) is 23.9 Å². The zero-order chi connectivity index (χ0) is 18.8. The Kier molecular flexibility index (Phi) is 5.64. The number of likely N-dealkylation sites (tertiary alicyclic amines) is 1. The number of hydrogen-bond donors (Lipinski definition) is 0. The quantitative estimate of drug-likeness (QED) is 0.818. The van der Waals surface area contributed by atoms with Gasteiger partial charge in [-0.1, -0.05) is 20.8 Å². The van der Waals surface area contributed by atoms with Crippen LogP contribution in [0, 0.1) is 5.41 Å². The maximum atomic E-state index is 13.3. The van der Waals surface area contributed by atoms with Gasteiger partial charge in [0.2, 0.25) is 5.91 Å². The number of amides is 1. The van der Waals surface area contributed by atoms with Crippen molar-refractivity contribution in [1.82, 2.24) is 9.88 Å². The number of likely N-dealkylation sites (N-methyl/N-ethyl adjacent to an activating group) is 1. The molecule has 0 aliphatic carbocycles. The second-order valence-electron chi connectivity index (χ2n) is 7.27. The number of halogens is 3. The highest BCUT2D eigenvalue weighted by molar-refractivity contribution is 5.82. The van der Waals surface area contributed by atoms with E-state index in [4.69, 9.17) is 0 Å². The number of piperidine rings is 1. The minimum atomic E-state index is -4.45. The van der Waals surface area contributed by atoms with Crippen LogP contribution in [0.25, 0.3) is 0 Å². The number of nitrogens with zero attached hydrogens (tertiary/aromatic N) is 3. The van der Waals surface area contributed by atoms with Crippen molar-refractivity contribution >= 4 is 11.7 Å². The smallest absolute Gasteiger partial charge is 0.354 e. The third-order valence-electron chi connectivity index (χ3n) is 5.12. The molecule has 0 bridgehead atoms. The molecule has 4 nitrogen and oxygen atoms in total. The van der Waals surface area contributed by atoms with E-state index in [0.29, 0.717) is 13.1 Å². The number of aromatic nitrogens is 1. The van der Waals surface area contributed by atoms with Crippen molar-refractivity contribution in [2.24, 2.45) is 5.41 Å². The third-order valence-corrected chi connectivity index (χ3v) is 5.12. The van der Waals surface area contributed by atoms with E-state index in [9.17, 15) is 18.0 Å². The van der Waals surface area contributed by atoms with Crippen molar-refractivity contribution in [2.45, 2.75) is 52.3 Å². The summed E-state index contributed by atoms with van der Waals surface area (Å²) in [6.45, 7) is 6.86. The van der Waals surface area contributed by atoms with Crippen LogP contribution in [-0.2, 0) is 11.0 Å². The fourth-order valence-electron chi connectivity index (χ4n) is 3.11. The van der Waals surface area contributed by atoms with Crippen LogP contribution in [0.4, 0.5) is 19.0 Å². The van der Waals surface area contributed by atoms with Gasteiger partial charge in [-0.2, -0.15) is 13.2 Å². The van der Waals surface area contributed by atoms with E-state index in [2.05, 4.69) is 4.98 Å². The van der Waals surface area contributed by atoms with Gasteiger partial charge in [-0.15, -0.1) is 0 Å². The molecule has 0 radical (unpaired) electrons. The SMILES string of the molecule is CCC(C)(C)C(=O)N1CCCC(N(C)c2ncccc2C(F)(F)F)C1. The topological polar surface area (TPSA) is 36.4 Å². The molecule has 1 amide bonds. The van der Waals surface area contributed by atoms with E-state index in [1.807, 2.05) is 20.8 Å². The monoisotopic (exact) mass is 357 g/mol. The summed E-state index contributed by atoms with van der Waals surface area (Å²) in [5.74, 6) is -0.0192. The fraction of sp³-hybridized carbons (Fsp3) is 0.667. The molecule has 1 aliphatic rings. The lowest BCUT2D eigenvalue weighted by atomic mass is 9.87. The molecule has 25 heavy (non-hydrogen) atoms. The van der Waals surface area contributed by atoms with Gasteiger partial charge in [0.25, 0.3) is 0 Å². The Labute approximate surface area is 147 Å². The molecular weight excluding hydrogens is 331 g/mol. The average Bonchev–Trinajstić information content (AvgIpc) is 2.59. The lowest BCUT2D eigenvalue weighted by Gasteiger charge is -2.41. The van der Waals surface area contributed by atoms with Gasteiger partial charge >= 0.3 is 6.18 Å². The van der Waals surface area contributed by atoms with Crippen molar-refractivity contribution in [1.29, 1.82) is 0 Å². The first-order chi connectivity index (χ1) is 11.6. The van der Waals surface area contributed by atoms with Crippen LogP contribution in [0.2, 0.25) is 0 Å². The molecule has 140 valence electrons. The minimum Gasteiger partial charge on any atom is -0.354 e. The van der Waals surface area contributed by atoms with Crippen LogP contribution in [0.1, 0.15) is 45.6 Å². The first kappa shape index (κ1) is 19.5. The first-order valence-corrected chi connectivity index (χ1v) is 8.62. The van der Waals surface area contributed by atoms with Gasteiger partial charge in [-0.05, 0) is 31.4 Å². The van der Waals surface area contributed by atoms with Gasteiger partial charge in [0.15, 0.2) is 0 Å². The van der Waals surface area contributed by atoms with E-state index >= 15 is 0 Å². The Balaban J connectivity index is 2.21. The highest BCUT2D eigenvalue weighted by Crippen LogP contribution is 2.36. The molecule has 1 aliphatic heterocycles. The largest absolute Gasteiger partial charge is 0.419 e. The van der Waals surface area contributed by atoms with Crippen LogP contribution in [0.15, 0.2) is 18.3 Å². The molecule has 0 spiro atoms. The van der Waals surface area contributed by atoms with E-state index in [1.165, 1.54) is 12.3 Å². The number of alkyl halides is 3. The second-order valence-corrected chi connectivity index (χ2v) is 7.27. The summed E-state index contributed by atoms with van der Waals surface area (Å²) in [6.07, 6.45) is -0.851. The number of anilines is 1. The number of carbonyl (C=O) groups is 1. The molecule has 1 atom stereocenters. The molecule has 1 unspecified atom stereocenters. The van der Waals surface area contributed by atoms with E-state index in [0.717, 1.165) is 25.3 Å². The van der Waals surface area contributed by atoms with Crippen LogP contribution in [0.3, 0.4) is 0 Å². The van der Waals surface area contributed by atoms with Gasteiger partial charge in [-0.3, -0.25) is 4.79 Å². The molecule has 1 aromatic heterocycles. The maximum absolute atomic E-state index is 13.3. The number of pyridine rings is 1. The Bertz CT molecular complexity index is 616. The number of rotatable bonds is 4. The molecular formula is C18H26F3N3O. The van der Waals surface area contributed by atoms with Gasteiger partial charge in [-0.25, -0.2) is 4.98 Å². The first-order valence-electron chi connectivity index (χ1n) is 8.62. The predicted molar refractivity (Wildman–Crippen MR) is 91.3 cm³/mol. The van der Waals surface area contributed by atoms with Crippen LogP contribution in [-0.4, -0.2) is 42.0 Å². The summed E-state index contributed by atoms with van der Waals surface area (Å²) in [5, 5.41) is 0. The Hall–Kier alpha value is -1.79. The molecule has 0 aromatic carbocycles. The summed E-state index contributed by atoms with van der Waals surface area (Å²) in [5.41, 5.74) is -1.20. The van der Waals surface area contributed by atoms with E-state index in [-0.39, 0.29) is 17.8 Å². The normalized spacial score (nSPS) is 19.0. The summed E-state index contributed by atoms with van der Waals surface area (Å²) >= 11 is 0. The van der Waals surface area contributed by atoms with E-state index in [1.54, 1.807) is 16.8 Å². The standard InChI is InChI=1S/C18H26F3N3O/c1-5-17(2,3)16(25)24-11-7-8-13(12-24)23(4)15-14(18(19,20)21)9-6-10-22-15/h6,9-10,13H,5,7-8,11-12H2,1-4H3. The molecule has 1 aromatic rings. The Morgan fingerprint density at radius 2 is 2.08 bits per heavy atom. The highest BCUT2D eigenvalue weighted by Gasteiger charge is 2.38. The van der Waals surface area contributed by atoms with Crippen LogP contribution < -0.4 is 4.90 Å². The molecule has 7 heteroatoms. The summed E-state index contributed by atoms with van der Waals surface area (Å²) in [6, 6.07) is 2.16. The van der Waals surface area contributed by atoms with E-state index < -0.39 is 17.2 Å². The van der Waals surface area contributed by atoms with Crippen molar-refractivity contribution in [2.75, 3.05) is 25.0 Å². The number of hydrogen-bond acceptors (Lipinski definition) is 3. The van der Waals surface area contributed by atoms with Crippen molar-refractivity contribution in [3.8, 4) is 0 Å². The van der Waals surface area contributed by atoms with Crippen LogP contribution >= 0.6 is 0 Å². The van der Waals surface area contributed by atoms with Gasteiger partial charge in [0.1, 0.15) is 5.82 Å². The fourth-order valence-corrected chi connectivity index (χ4v) is 3.11. The van der Waals surface area contributed by atoms with Gasteiger partial charge in [0.05, 0.1) is 5.56 Å². The third kappa shape index (κ3) is 4.25. The summed E-state index contributed by atoms with van der Waals surface area (Å²) in [7, 11) is 1.63. The molecule has 0 saturated carbocycles. The van der Waals surface area contributed by atoms with Crippen LogP contribution in [0.5, 0.6) is 0 Å². The molecule has 0 N–H and O–H groups in total. The average molecular weight is 357 g/mol. The Morgan fingerprint density at radius 1 is 1.40 bits per heavy atom. The summed E-state index contributed by atoms with van der Waals surface area (Å²) in [4.78, 5) is 20.0. The van der Waals surface area contributed by atoms with Gasteiger partial charge < -0.3 is 9.80 Å².